The van der Waals surface area contributed by atoms with E-state index in [1.165, 1.54) is 0 Å². The van der Waals surface area contributed by atoms with Gasteiger partial charge in [0.1, 0.15) is 6.61 Å². The molecule has 3 rings (SSSR count). The van der Waals surface area contributed by atoms with Crippen molar-refractivity contribution < 1.29 is 14.3 Å². The van der Waals surface area contributed by atoms with E-state index in [4.69, 9.17) is 4.74 Å². The van der Waals surface area contributed by atoms with Gasteiger partial charge in [-0.25, -0.2) is 0 Å². The molecule has 1 spiro atoms. The lowest BCUT2D eigenvalue weighted by Crippen LogP contribution is -2.58. The minimum absolute atomic E-state index is 0. The molecule has 0 bridgehead atoms. The SMILES string of the molecule is CN1CC2(CCN(CC(=O)N3CCNCC3)CC2)OCC1=O.Cl.Cl. The van der Waals surface area contributed by atoms with Gasteiger partial charge in [0.25, 0.3) is 0 Å². The number of rotatable bonds is 2. The van der Waals surface area contributed by atoms with Crippen molar-refractivity contribution >= 4 is 36.6 Å². The maximum Gasteiger partial charge on any atom is 0.248 e. The van der Waals surface area contributed by atoms with E-state index in [1.807, 2.05) is 11.9 Å². The molecule has 0 aromatic rings. The molecule has 1 N–H and O–H groups in total. The zero-order valence-corrected chi connectivity index (χ0v) is 15.8. The highest BCUT2D eigenvalue weighted by Crippen LogP contribution is 2.29. The Kier molecular flexibility index (Phi) is 8.22. The van der Waals surface area contributed by atoms with E-state index in [0.29, 0.717) is 13.1 Å². The third kappa shape index (κ3) is 4.95. The van der Waals surface area contributed by atoms with Crippen LogP contribution in [0.5, 0.6) is 0 Å². The Morgan fingerprint density at radius 2 is 1.79 bits per heavy atom. The van der Waals surface area contributed by atoms with Crippen molar-refractivity contribution in [3.8, 4) is 0 Å². The van der Waals surface area contributed by atoms with Crippen molar-refractivity contribution in [1.29, 1.82) is 0 Å². The van der Waals surface area contributed by atoms with Gasteiger partial charge in [-0.15, -0.1) is 24.8 Å². The van der Waals surface area contributed by atoms with Crippen LogP contribution in [-0.4, -0.2) is 98.1 Å². The van der Waals surface area contributed by atoms with Crippen LogP contribution in [0.1, 0.15) is 12.8 Å². The fourth-order valence-electron chi connectivity index (χ4n) is 3.52. The Morgan fingerprint density at radius 3 is 2.38 bits per heavy atom. The summed E-state index contributed by atoms with van der Waals surface area (Å²) in [5.74, 6) is 0.288. The zero-order valence-electron chi connectivity index (χ0n) is 14.2. The number of nitrogens with one attached hydrogen (secondary N) is 1. The Hall–Kier alpha value is -0.600. The molecule has 3 saturated heterocycles. The molecule has 3 aliphatic rings. The number of likely N-dealkylation sites (tertiary alicyclic amines) is 1. The van der Waals surface area contributed by atoms with Crippen LogP contribution in [0.25, 0.3) is 0 Å². The Morgan fingerprint density at radius 1 is 1.17 bits per heavy atom. The van der Waals surface area contributed by atoms with Crippen LogP contribution in [0.15, 0.2) is 0 Å². The van der Waals surface area contributed by atoms with E-state index in [0.717, 1.165) is 52.1 Å². The Bertz CT molecular complexity index is 438. The van der Waals surface area contributed by atoms with Gasteiger partial charge >= 0.3 is 0 Å². The number of piperazine rings is 1. The van der Waals surface area contributed by atoms with Gasteiger partial charge in [-0.3, -0.25) is 14.5 Å². The summed E-state index contributed by atoms with van der Waals surface area (Å²) in [4.78, 5) is 29.8. The van der Waals surface area contributed by atoms with Gasteiger partial charge in [0, 0.05) is 52.9 Å². The molecule has 0 aromatic heterocycles. The van der Waals surface area contributed by atoms with Crippen LogP contribution in [0.4, 0.5) is 0 Å². The molecule has 0 aliphatic carbocycles. The van der Waals surface area contributed by atoms with E-state index in [9.17, 15) is 9.59 Å². The third-order valence-electron chi connectivity index (χ3n) is 5.05. The van der Waals surface area contributed by atoms with Crippen LogP contribution in [0, 0.1) is 0 Å². The molecule has 0 aromatic carbocycles. The number of piperidine rings is 1. The molecule has 0 radical (unpaired) electrons. The number of hydrogen-bond acceptors (Lipinski definition) is 5. The first-order valence-corrected chi connectivity index (χ1v) is 8.17. The highest BCUT2D eigenvalue weighted by molar-refractivity contribution is 5.85. The number of carbonyl (C=O) groups is 2. The largest absolute Gasteiger partial charge is 0.363 e. The second-order valence-electron chi connectivity index (χ2n) is 6.63. The molecule has 24 heavy (non-hydrogen) atoms. The van der Waals surface area contributed by atoms with Crippen LogP contribution < -0.4 is 5.32 Å². The van der Waals surface area contributed by atoms with E-state index in [2.05, 4.69) is 10.2 Å². The maximum absolute atomic E-state index is 12.3. The number of hydrogen-bond donors (Lipinski definition) is 1. The van der Waals surface area contributed by atoms with E-state index in [1.54, 1.807) is 4.90 Å². The minimum atomic E-state index is -0.197. The maximum atomic E-state index is 12.3. The summed E-state index contributed by atoms with van der Waals surface area (Å²) < 4.78 is 5.84. The Labute approximate surface area is 155 Å². The van der Waals surface area contributed by atoms with Crippen molar-refractivity contribution in [1.82, 2.24) is 20.0 Å². The number of halogens is 2. The standard InChI is InChI=1S/C15H26N4O3.2ClH/c1-17-12-15(22-11-14(17)21)2-6-18(7-3-15)10-13(20)19-8-4-16-5-9-19;;/h16H,2-12H2,1H3;2*1H. The summed E-state index contributed by atoms with van der Waals surface area (Å²) in [5.41, 5.74) is -0.197. The monoisotopic (exact) mass is 382 g/mol. The lowest BCUT2D eigenvalue weighted by molar-refractivity contribution is -0.169. The van der Waals surface area contributed by atoms with Gasteiger partial charge in [-0.05, 0) is 12.8 Å². The lowest BCUT2D eigenvalue weighted by atomic mass is 9.89. The van der Waals surface area contributed by atoms with Crippen LogP contribution in [0.2, 0.25) is 0 Å². The molecular formula is C15H28Cl2N4O3. The van der Waals surface area contributed by atoms with E-state index < -0.39 is 0 Å². The summed E-state index contributed by atoms with van der Waals surface area (Å²) in [6, 6.07) is 0. The Balaban J connectivity index is 0.00000144. The van der Waals surface area contributed by atoms with Gasteiger partial charge in [0.2, 0.25) is 11.8 Å². The lowest BCUT2D eigenvalue weighted by Gasteiger charge is -2.46. The highest BCUT2D eigenvalue weighted by Gasteiger charge is 2.41. The molecule has 7 nitrogen and oxygen atoms in total. The smallest absolute Gasteiger partial charge is 0.248 e. The molecule has 140 valence electrons. The molecule has 3 heterocycles. The second-order valence-corrected chi connectivity index (χ2v) is 6.63. The van der Waals surface area contributed by atoms with Gasteiger partial charge < -0.3 is 19.9 Å². The summed E-state index contributed by atoms with van der Waals surface area (Å²) in [7, 11) is 1.84. The van der Waals surface area contributed by atoms with Gasteiger partial charge in [-0.2, -0.15) is 0 Å². The first-order chi connectivity index (χ1) is 10.6. The first-order valence-electron chi connectivity index (χ1n) is 8.17. The minimum Gasteiger partial charge on any atom is -0.363 e. The molecule has 0 saturated carbocycles. The fourth-order valence-corrected chi connectivity index (χ4v) is 3.52. The first kappa shape index (κ1) is 21.4. The van der Waals surface area contributed by atoms with Crippen LogP contribution in [-0.2, 0) is 14.3 Å². The third-order valence-corrected chi connectivity index (χ3v) is 5.05. The summed E-state index contributed by atoms with van der Waals surface area (Å²) in [6.07, 6.45) is 1.78. The summed E-state index contributed by atoms with van der Waals surface area (Å²) >= 11 is 0. The number of carbonyl (C=O) groups excluding carboxylic acids is 2. The number of amides is 2. The van der Waals surface area contributed by atoms with Crippen LogP contribution in [0.3, 0.4) is 0 Å². The van der Waals surface area contributed by atoms with Crippen molar-refractivity contribution in [2.45, 2.75) is 18.4 Å². The number of likely N-dealkylation sites (N-methyl/N-ethyl adjacent to an activating group) is 1. The zero-order chi connectivity index (χ0) is 15.6. The second kappa shape index (κ2) is 9.20. The predicted molar refractivity (Wildman–Crippen MR) is 95.9 cm³/mol. The van der Waals surface area contributed by atoms with Crippen molar-refractivity contribution in [2.24, 2.45) is 0 Å². The average Bonchev–Trinajstić information content (AvgIpc) is 2.55. The van der Waals surface area contributed by atoms with Gasteiger partial charge in [0.05, 0.1) is 12.1 Å². The molecular weight excluding hydrogens is 355 g/mol. The average molecular weight is 383 g/mol. The molecule has 0 atom stereocenters. The van der Waals surface area contributed by atoms with E-state index in [-0.39, 0.29) is 48.8 Å². The molecule has 0 unspecified atom stereocenters. The predicted octanol–water partition coefficient (Wildman–Crippen LogP) is -0.415. The molecule has 2 amide bonds. The fraction of sp³-hybridized carbons (Fsp3) is 0.867. The van der Waals surface area contributed by atoms with Crippen molar-refractivity contribution in [2.75, 3.05) is 66.0 Å². The number of morpholine rings is 1. The molecule has 9 heteroatoms. The van der Waals surface area contributed by atoms with Crippen LogP contribution >= 0.6 is 24.8 Å². The number of nitrogens with zero attached hydrogens (tertiary/aromatic N) is 3. The number of ether oxygens (including phenoxy) is 1. The van der Waals surface area contributed by atoms with Crippen molar-refractivity contribution in [3.05, 3.63) is 0 Å². The van der Waals surface area contributed by atoms with Crippen molar-refractivity contribution in [3.63, 3.8) is 0 Å². The van der Waals surface area contributed by atoms with E-state index >= 15 is 0 Å². The van der Waals surface area contributed by atoms with Gasteiger partial charge in [0.15, 0.2) is 0 Å². The normalized spacial score (nSPS) is 24.3. The summed E-state index contributed by atoms with van der Waals surface area (Å²) in [6.45, 7) is 6.50. The quantitative estimate of drug-likeness (QED) is 0.702. The highest BCUT2D eigenvalue weighted by atomic mass is 35.5. The summed E-state index contributed by atoms with van der Waals surface area (Å²) in [5, 5.41) is 3.26. The molecule has 3 aliphatic heterocycles. The van der Waals surface area contributed by atoms with Gasteiger partial charge in [-0.1, -0.05) is 0 Å². The molecule has 3 fully saturated rings. The topological polar surface area (TPSA) is 65.1 Å².